The molecule has 4 unspecified atom stereocenters. The quantitative estimate of drug-likeness (QED) is 0.0504. The number of phenolic OH excluding ortho intramolecular Hbond substituents is 1. The van der Waals surface area contributed by atoms with E-state index < -0.39 is 72.6 Å². The van der Waals surface area contributed by atoms with Crippen LogP contribution in [0.5, 0.6) is 5.75 Å². The van der Waals surface area contributed by atoms with Crippen LogP contribution < -0.4 is 33.2 Å². The third kappa shape index (κ3) is 12.5. The number of nitrogens with one attached hydrogen (secondary N) is 3. The summed E-state index contributed by atoms with van der Waals surface area (Å²) in [5.74, 6) is -7.75. The Morgan fingerprint density at radius 2 is 1.30 bits per heavy atom. The van der Waals surface area contributed by atoms with Crippen LogP contribution >= 0.6 is 0 Å². The van der Waals surface area contributed by atoms with Gasteiger partial charge in [-0.05, 0) is 30.5 Å². The maximum Gasteiger partial charge on any atom is 0.326 e. The number of carbonyl (C=O) groups excluding carboxylic acids is 3. The predicted molar refractivity (Wildman–Crippen MR) is 138 cm³/mol. The molecule has 17 heteroatoms. The first-order chi connectivity index (χ1) is 18.7. The minimum absolute atomic E-state index is 0.0414. The molecule has 0 spiro atoms. The van der Waals surface area contributed by atoms with Crippen LogP contribution in [0.3, 0.4) is 0 Å². The van der Waals surface area contributed by atoms with Crippen molar-refractivity contribution in [2.24, 2.45) is 22.2 Å². The number of hydrogen-bond acceptors (Lipinski definition) is 9. The van der Waals surface area contributed by atoms with Crippen molar-refractivity contribution in [3.05, 3.63) is 29.8 Å². The van der Waals surface area contributed by atoms with Gasteiger partial charge < -0.3 is 53.6 Å². The highest BCUT2D eigenvalue weighted by molar-refractivity contribution is 5.96. The third-order valence-electron chi connectivity index (χ3n) is 5.31. The van der Waals surface area contributed by atoms with E-state index in [9.17, 15) is 44.1 Å². The number of benzene rings is 1. The smallest absolute Gasteiger partial charge is 0.326 e. The largest absolute Gasteiger partial charge is 0.508 e. The molecule has 1 rings (SSSR count). The standard InChI is InChI=1S/C23H33N7O10/c24-13(9-17(32)33)19(36)28-14(2-1-7-27-23(25)26)20(37)29-15(10-18(34)35)21(38)30-16(22(39)40)8-11-3-5-12(31)6-4-11/h3-6,13-16,31H,1-2,7-10,24H2,(H,28,36)(H,29,37)(H,30,38)(H,32,33)(H,34,35)(H,39,40)(H4,25,26,27). The fraction of sp³-hybridized carbons (Fsp3) is 0.435. The number of carboxylic acids is 3. The number of aliphatic imine (C=N–C) groups is 1. The minimum Gasteiger partial charge on any atom is -0.508 e. The molecule has 0 aliphatic rings. The van der Waals surface area contributed by atoms with E-state index in [4.69, 9.17) is 22.3 Å². The lowest BCUT2D eigenvalue weighted by atomic mass is 10.0. The van der Waals surface area contributed by atoms with Crippen LogP contribution in [0.4, 0.5) is 0 Å². The van der Waals surface area contributed by atoms with Gasteiger partial charge in [-0.15, -0.1) is 0 Å². The molecule has 0 aliphatic heterocycles. The van der Waals surface area contributed by atoms with Crippen molar-refractivity contribution in [1.29, 1.82) is 0 Å². The molecule has 4 atom stereocenters. The molecule has 0 heterocycles. The fourth-order valence-electron chi connectivity index (χ4n) is 3.33. The second kappa shape index (κ2) is 16.1. The molecule has 0 aliphatic carbocycles. The first kappa shape index (κ1) is 33.1. The molecular weight excluding hydrogens is 534 g/mol. The van der Waals surface area contributed by atoms with Crippen LogP contribution in [0.25, 0.3) is 0 Å². The van der Waals surface area contributed by atoms with Crippen molar-refractivity contribution in [2.75, 3.05) is 6.54 Å². The number of carboxylic acid groups (broad SMARTS) is 3. The minimum atomic E-state index is -1.75. The van der Waals surface area contributed by atoms with Gasteiger partial charge in [-0.2, -0.15) is 0 Å². The van der Waals surface area contributed by atoms with Crippen LogP contribution in [0, 0.1) is 0 Å². The van der Waals surface area contributed by atoms with Crippen LogP contribution in [0.1, 0.15) is 31.2 Å². The Hall–Kier alpha value is -4.93. The summed E-state index contributed by atoms with van der Waals surface area (Å²) in [6.07, 6.45) is -1.88. The molecule has 0 aromatic heterocycles. The number of hydrogen-bond donors (Lipinski definition) is 10. The Labute approximate surface area is 227 Å². The van der Waals surface area contributed by atoms with Gasteiger partial charge in [0.2, 0.25) is 17.7 Å². The van der Waals surface area contributed by atoms with Crippen molar-refractivity contribution in [2.45, 2.75) is 56.3 Å². The maximum atomic E-state index is 13.0. The highest BCUT2D eigenvalue weighted by Gasteiger charge is 2.32. The van der Waals surface area contributed by atoms with Crippen molar-refractivity contribution >= 4 is 41.6 Å². The molecule has 3 amide bonds. The summed E-state index contributed by atoms with van der Waals surface area (Å²) in [5, 5.41) is 43.7. The SMILES string of the molecule is NC(N)=NCCCC(NC(=O)C(N)CC(=O)O)C(=O)NC(CC(=O)O)C(=O)NC(Cc1ccc(O)cc1)C(=O)O. The summed E-state index contributed by atoms with van der Waals surface area (Å²) in [5.41, 5.74) is 16.5. The molecule has 1 aromatic rings. The lowest BCUT2D eigenvalue weighted by Gasteiger charge is -2.24. The van der Waals surface area contributed by atoms with Crippen molar-refractivity contribution in [1.82, 2.24) is 16.0 Å². The molecule has 13 N–H and O–H groups in total. The number of nitrogens with two attached hydrogens (primary N) is 3. The summed E-state index contributed by atoms with van der Waals surface area (Å²) in [6, 6.07) is -0.707. The monoisotopic (exact) mass is 567 g/mol. The van der Waals surface area contributed by atoms with E-state index in [0.717, 1.165) is 0 Å². The summed E-state index contributed by atoms with van der Waals surface area (Å²) in [4.78, 5) is 76.0. The molecule has 0 saturated carbocycles. The number of aromatic hydroxyl groups is 1. The van der Waals surface area contributed by atoms with Crippen molar-refractivity contribution in [3.8, 4) is 5.75 Å². The molecule has 0 saturated heterocycles. The van der Waals surface area contributed by atoms with E-state index in [1.54, 1.807) is 0 Å². The summed E-state index contributed by atoms with van der Waals surface area (Å²) < 4.78 is 0. The molecule has 0 bridgehead atoms. The van der Waals surface area contributed by atoms with Gasteiger partial charge in [-0.1, -0.05) is 12.1 Å². The highest BCUT2D eigenvalue weighted by Crippen LogP contribution is 2.12. The normalized spacial score (nSPS) is 13.5. The molecule has 220 valence electrons. The number of carbonyl (C=O) groups is 6. The fourth-order valence-corrected chi connectivity index (χ4v) is 3.33. The van der Waals surface area contributed by atoms with Crippen LogP contribution in [0.15, 0.2) is 29.3 Å². The predicted octanol–water partition coefficient (Wildman–Crippen LogP) is -3.20. The van der Waals surface area contributed by atoms with Gasteiger partial charge in [0, 0.05) is 13.0 Å². The van der Waals surface area contributed by atoms with Gasteiger partial charge >= 0.3 is 17.9 Å². The van der Waals surface area contributed by atoms with Crippen LogP contribution in [-0.2, 0) is 35.2 Å². The molecule has 17 nitrogen and oxygen atoms in total. The Morgan fingerprint density at radius 1 is 0.775 bits per heavy atom. The van der Waals surface area contributed by atoms with Gasteiger partial charge in [-0.3, -0.25) is 29.0 Å². The number of aliphatic carboxylic acids is 3. The summed E-state index contributed by atoms with van der Waals surface area (Å²) >= 11 is 0. The highest BCUT2D eigenvalue weighted by atomic mass is 16.4. The Morgan fingerprint density at radius 3 is 1.82 bits per heavy atom. The Bertz CT molecular complexity index is 1110. The van der Waals surface area contributed by atoms with Crippen molar-refractivity contribution in [3.63, 3.8) is 0 Å². The zero-order valence-corrected chi connectivity index (χ0v) is 21.3. The number of rotatable bonds is 17. The molecule has 1 aromatic carbocycles. The topological polar surface area (TPSA) is 310 Å². The van der Waals surface area contributed by atoms with Crippen LogP contribution in [0.2, 0.25) is 0 Å². The first-order valence-electron chi connectivity index (χ1n) is 11.9. The molecular formula is C23H33N7O10. The molecule has 40 heavy (non-hydrogen) atoms. The van der Waals surface area contributed by atoms with Crippen molar-refractivity contribution < 1.29 is 49.2 Å². The third-order valence-corrected chi connectivity index (χ3v) is 5.31. The van der Waals surface area contributed by atoms with Gasteiger partial charge in [0.05, 0.1) is 18.9 Å². The number of phenols is 1. The zero-order valence-electron chi connectivity index (χ0n) is 21.3. The average Bonchev–Trinajstić information content (AvgIpc) is 2.85. The lowest BCUT2D eigenvalue weighted by Crippen LogP contribution is -2.57. The second-order valence-electron chi connectivity index (χ2n) is 8.64. The van der Waals surface area contributed by atoms with Gasteiger partial charge in [0.1, 0.15) is 23.9 Å². The number of amides is 3. The van der Waals surface area contributed by atoms with Gasteiger partial charge in [-0.25, -0.2) is 4.79 Å². The van der Waals surface area contributed by atoms with Gasteiger partial charge in [0.25, 0.3) is 0 Å². The Balaban J connectivity index is 3.07. The summed E-state index contributed by atoms with van der Waals surface area (Å²) in [7, 11) is 0. The van der Waals surface area contributed by atoms with Gasteiger partial charge in [0.15, 0.2) is 5.96 Å². The maximum absolute atomic E-state index is 13.0. The van der Waals surface area contributed by atoms with E-state index >= 15 is 0 Å². The van der Waals surface area contributed by atoms with E-state index in [0.29, 0.717) is 5.56 Å². The number of guanidine groups is 1. The van der Waals surface area contributed by atoms with E-state index in [2.05, 4.69) is 20.9 Å². The number of nitrogens with zero attached hydrogens (tertiary/aromatic N) is 1. The Kier molecular flexibility index (Phi) is 13.3. The first-order valence-corrected chi connectivity index (χ1v) is 11.9. The zero-order chi connectivity index (χ0) is 30.4. The van der Waals surface area contributed by atoms with E-state index in [-0.39, 0.29) is 37.5 Å². The molecule has 0 fully saturated rings. The average molecular weight is 568 g/mol. The van der Waals surface area contributed by atoms with E-state index in [1.807, 2.05) is 0 Å². The van der Waals surface area contributed by atoms with Crippen LogP contribution in [-0.4, -0.2) is 92.7 Å². The summed E-state index contributed by atoms with van der Waals surface area (Å²) in [6.45, 7) is 0.0414. The molecule has 0 radical (unpaired) electrons. The lowest BCUT2D eigenvalue weighted by molar-refractivity contribution is -0.143. The van der Waals surface area contributed by atoms with E-state index in [1.165, 1.54) is 24.3 Å². The second-order valence-corrected chi connectivity index (χ2v) is 8.64.